The number of ether oxygens (including phenoxy) is 1. The van der Waals surface area contributed by atoms with E-state index in [-0.39, 0.29) is 17.3 Å². The Morgan fingerprint density at radius 1 is 1.20 bits per heavy atom. The van der Waals surface area contributed by atoms with Crippen LogP contribution in [0.2, 0.25) is 0 Å². The molecule has 0 bridgehead atoms. The Bertz CT molecular complexity index is 1360. The topological polar surface area (TPSA) is 115 Å². The Morgan fingerprint density at radius 3 is 2.77 bits per heavy atom. The molecule has 0 amide bonds. The third-order valence-corrected chi connectivity index (χ3v) is 6.08. The monoisotopic (exact) mass is 426 g/mol. The van der Waals surface area contributed by atoms with E-state index in [4.69, 9.17) is 9.15 Å². The summed E-state index contributed by atoms with van der Waals surface area (Å²) in [4.78, 5) is 28.6. The molecule has 2 aromatic carbocycles. The molecule has 0 unspecified atom stereocenters. The highest BCUT2D eigenvalue weighted by atomic mass is 32.2. The molecule has 0 saturated heterocycles. The highest BCUT2D eigenvalue weighted by molar-refractivity contribution is 7.90. The van der Waals surface area contributed by atoms with Crippen LogP contribution in [0.5, 0.6) is 0 Å². The number of benzene rings is 2. The summed E-state index contributed by atoms with van der Waals surface area (Å²) >= 11 is 0. The molecule has 1 aliphatic heterocycles. The van der Waals surface area contributed by atoms with Crippen molar-refractivity contribution in [3.63, 3.8) is 0 Å². The van der Waals surface area contributed by atoms with Crippen LogP contribution in [-0.2, 0) is 26.2 Å². The lowest BCUT2D eigenvalue weighted by molar-refractivity contribution is -0.145. The molecule has 0 fully saturated rings. The predicted molar refractivity (Wildman–Crippen MR) is 110 cm³/mol. The van der Waals surface area contributed by atoms with Crippen LogP contribution in [-0.4, -0.2) is 26.3 Å². The molecule has 0 aliphatic carbocycles. The van der Waals surface area contributed by atoms with Crippen molar-refractivity contribution < 1.29 is 22.4 Å². The van der Waals surface area contributed by atoms with E-state index in [2.05, 4.69) is 9.71 Å². The zero-order valence-electron chi connectivity index (χ0n) is 16.2. The van der Waals surface area contributed by atoms with E-state index < -0.39 is 27.7 Å². The molecule has 4 rings (SSSR count). The van der Waals surface area contributed by atoms with Crippen LogP contribution in [0, 0.1) is 6.92 Å². The van der Waals surface area contributed by atoms with Gasteiger partial charge >= 0.3 is 11.6 Å². The fraction of sp³-hybridized carbons (Fsp3) is 0.190. The van der Waals surface area contributed by atoms with Gasteiger partial charge in [0.25, 0.3) is 10.0 Å². The number of aryl methyl sites for hydroxylation is 1. The van der Waals surface area contributed by atoms with Crippen LogP contribution in [0.3, 0.4) is 0 Å². The molecular weight excluding hydrogens is 408 g/mol. The third kappa shape index (κ3) is 3.71. The summed E-state index contributed by atoms with van der Waals surface area (Å²) in [6, 6.07) is 12.1. The van der Waals surface area contributed by atoms with Gasteiger partial charge in [0, 0.05) is 22.6 Å². The number of fused-ring (bicyclic) bond motifs is 2. The quantitative estimate of drug-likeness (QED) is 0.506. The van der Waals surface area contributed by atoms with E-state index >= 15 is 0 Å². The van der Waals surface area contributed by atoms with Crippen molar-refractivity contribution in [1.82, 2.24) is 4.72 Å². The van der Waals surface area contributed by atoms with Crippen molar-refractivity contribution in [2.45, 2.75) is 31.4 Å². The van der Waals surface area contributed by atoms with Crippen LogP contribution in [0.15, 0.2) is 67.6 Å². The molecule has 0 saturated carbocycles. The summed E-state index contributed by atoms with van der Waals surface area (Å²) in [6.07, 6.45) is 0. The van der Waals surface area contributed by atoms with Crippen LogP contribution >= 0.6 is 0 Å². The van der Waals surface area contributed by atoms with E-state index in [9.17, 15) is 18.0 Å². The van der Waals surface area contributed by atoms with Gasteiger partial charge in [-0.25, -0.2) is 18.0 Å². The van der Waals surface area contributed by atoms with Crippen molar-refractivity contribution >= 4 is 32.8 Å². The number of carbonyl (C=O) groups excluding carboxylic acids is 1. The normalized spacial score (nSPS) is 16.8. The second-order valence-corrected chi connectivity index (χ2v) is 8.60. The molecule has 2 heterocycles. The van der Waals surface area contributed by atoms with Gasteiger partial charge in [-0.1, -0.05) is 24.3 Å². The lowest BCUT2D eigenvalue weighted by atomic mass is 10.1. The van der Waals surface area contributed by atoms with Crippen LogP contribution in [0.4, 0.5) is 0 Å². The number of hydrogen-bond acceptors (Lipinski definition) is 7. The molecular formula is C21H18N2O6S. The Morgan fingerprint density at radius 2 is 1.97 bits per heavy atom. The van der Waals surface area contributed by atoms with Crippen molar-refractivity contribution in [3.05, 3.63) is 75.6 Å². The minimum absolute atomic E-state index is 0.0938. The van der Waals surface area contributed by atoms with Gasteiger partial charge < -0.3 is 9.15 Å². The maximum atomic E-state index is 12.4. The predicted octanol–water partition coefficient (Wildman–Crippen LogP) is 2.27. The standard InChI is InChI=1S/C21H18N2O6S/c1-12-7-8-15-14(10-19(24)29-17(15)9-12)11-28-21(25)13(2)22-20-16-5-3-4-6-18(16)30(26,27)23-20/h3-10,13H,11H2,1-2H3,(H,22,23)/t13-/m1/s1. The number of esters is 1. The fourth-order valence-electron chi connectivity index (χ4n) is 3.20. The first kappa shape index (κ1) is 19.8. The first-order valence-electron chi connectivity index (χ1n) is 9.14. The molecule has 1 atom stereocenters. The van der Waals surface area contributed by atoms with Crippen molar-refractivity contribution in [2.24, 2.45) is 4.99 Å². The maximum absolute atomic E-state index is 12.4. The second kappa shape index (κ2) is 7.42. The van der Waals surface area contributed by atoms with Gasteiger partial charge in [-0.15, -0.1) is 0 Å². The average molecular weight is 426 g/mol. The summed E-state index contributed by atoms with van der Waals surface area (Å²) in [5, 5.41) is 0.671. The van der Waals surface area contributed by atoms with Gasteiger partial charge in [0.1, 0.15) is 24.1 Å². The van der Waals surface area contributed by atoms with E-state index in [1.807, 2.05) is 13.0 Å². The SMILES string of the molecule is Cc1ccc2c(COC(=O)[C@@H](C)N=C3NS(=O)(=O)c4ccccc43)cc(=O)oc2c1. The number of rotatable bonds is 4. The lowest BCUT2D eigenvalue weighted by Gasteiger charge is -2.10. The molecule has 8 nitrogen and oxygen atoms in total. The molecule has 30 heavy (non-hydrogen) atoms. The third-order valence-electron chi connectivity index (χ3n) is 4.68. The summed E-state index contributed by atoms with van der Waals surface area (Å²) in [5.74, 6) is -0.559. The van der Waals surface area contributed by atoms with Gasteiger partial charge in [-0.2, -0.15) is 0 Å². The first-order valence-corrected chi connectivity index (χ1v) is 10.6. The molecule has 1 aromatic heterocycles. The van der Waals surface area contributed by atoms with Crippen LogP contribution in [0.25, 0.3) is 11.0 Å². The molecule has 154 valence electrons. The molecule has 0 radical (unpaired) electrons. The molecule has 0 spiro atoms. The molecule has 1 aliphatic rings. The van der Waals surface area contributed by atoms with Gasteiger partial charge in [-0.05, 0) is 37.6 Å². The number of sulfonamides is 1. The summed E-state index contributed by atoms with van der Waals surface area (Å²) in [7, 11) is -3.69. The van der Waals surface area contributed by atoms with Gasteiger partial charge in [0.05, 0.1) is 4.90 Å². The van der Waals surface area contributed by atoms with Crippen LogP contribution < -0.4 is 10.3 Å². The summed E-state index contributed by atoms with van der Waals surface area (Å²) < 4.78 is 37.2. The number of nitrogens with zero attached hydrogens (tertiary/aromatic N) is 1. The van der Waals surface area contributed by atoms with Gasteiger partial charge in [0.15, 0.2) is 0 Å². The number of aliphatic imine (C=N–C) groups is 1. The maximum Gasteiger partial charge on any atom is 0.336 e. The van der Waals surface area contributed by atoms with E-state index in [1.165, 1.54) is 19.1 Å². The highest BCUT2D eigenvalue weighted by Gasteiger charge is 2.31. The fourth-order valence-corrected chi connectivity index (χ4v) is 4.44. The number of hydrogen-bond donors (Lipinski definition) is 1. The Kier molecular flexibility index (Phi) is 4.90. The second-order valence-electron chi connectivity index (χ2n) is 6.95. The largest absolute Gasteiger partial charge is 0.459 e. The molecule has 1 N–H and O–H groups in total. The first-order chi connectivity index (χ1) is 14.2. The van der Waals surface area contributed by atoms with Gasteiger partial charge in [-0.3, -0.25) is 9.71 Å². The molecule has 9 heteroatoms. The minimum Gasteiger partial charge on any atom is -0.459 e. The zero-order chi connectivity index (χ0) is 21.5. The Hall–Kier alpha value is -3.46. The average Bonchev–Trinajstić information content (AvgIpc) is 2.95. The highest BCUT2D eigenvalue weighted by Crippen LogP contribution is 2.23. The Labute approximate surface area is 172 Å². The molecule has 3 aromatic rings. The van der Waals surface area contributed by atoms with Gasteiger partial charge in [0.2, 0.25) is 0 Å². The number of amidine groups is 1. The summed E-state index contributed by atoms with van der Waals surface area (Å²) in [6.45, 7) is 3.25. The zero-order valence-corrected chi connectivity index (χ0v) is 17.0. The van der Waals surface area contributed by atoms with E-state index in [1.54, 1.807) is 30.3 Å². The summed E-state index contributed by atoms with van der Waals surface area (Å²) in [5.41, 5.74) is 1.73. The van der Waals surface area contributed by atoms with E-state index in [0.29, 0.717) is 22.1 Å². The van der Waals surface area contributed by atoms with Crippen molar-refractivity contribution in [2.75, 3.05) is 0 Å². The Balaban J connectivity index is 1.54. The number of nitrogens with one attached hydrogen (secondary N) is 1. The van der Waals surface area contributed by atoms with Crippen molar-refractivity contribution in [3.8, 4) is 0 Å². The lowest BCUT2D eigenvalue weighted by Crippen LogP contribution is -2.26. The van der Waals surface area contributed by atoms with Crippen LogP contribution in [0.1, 0.15) is 23.6 Å². The minimum atomic E-state index is -3.69. The number of carbonyl (C=O) groups is 1. The van der Waals surface area contributed by atoms with E-state index in [0.717, 1.165) is 5.56 Å². The smallest absolute Gasteiger partial charge is 0.336 e. The van der Waals surface area contributed by atoms with Crippen molar-refractivity contribution in [1.29, 1.82) is 0 Å².